The zero-order chi connectivity index (χ0) is 22.6. The van der Waals surface area contributed by atoms with E-state index in [1.54, 1.807) is 12.1 Å². The van der Waals surface area contributed by atoms with E-state index in [-0.39, 0.29) is 69.6 Å². The molecule has 8 aromatic rings. The monoisotopic (exact) mass is 744 g/mol. The van der Waals surface area contributed by atoms with Crippen LogP contribution < -0.4 is 0 Å². The van der Waals surface area contributed by atoms with Gasteiger partial charge in [0.15, 0.2) is 0 Å². The molecule has 0 saturated heterocycles. The summed E-state index contributed by atoms with van der Waals surface area (Å²) in [5.41, 5.74) is 0. The second kappa shape index (κ2) is 7.75. The van der Waals surface area contributed by atoms with E-state index in [2.05, 4.69) is 36.4 Å². The molecule has 0 fully saturated rings. The van der Waals surface area contributed by atoms with E-state index < -0.39 is 0 Å². The summed E-state index contributed by atoms with van der Waals surface area (Å²) in [6, 6.07) is 17.1. The molecule has 0 spiro atoms. The van der Waals surface area contributed by atoms with Crippen LogP contribution >= 0.6 is 22.7 Å². The summed E-state index contributed by atoms with van der Waals surface area (Å²) in [6.07, 6.45) is 0. The number of rotatable bonds is 2. The Kier molecular flexibility index (Phi) is 4.81. The average molecular weight is 740 g/mol. The van der Waals surface area contributed by atoms with Crippen LogP contribution in [0.3, 0.4) is 0 Å². The molecular weight excluding hydrogens is 730 g/mol. The molecule has 164 valence electrons. The standard InChI is InChI=1S/C26H10F2S2Se4/c27-15-1-3-31-25(15)21-7-11-5-13-17(9-19(11)33-21)29-24-14-6-12-8-22(26-16(28)2-4-32-26)34-20(12)10-18(14)30-23(13)24/h1-10H. The van der Waals surface area contributed by atoms with Crippen LogP contribution in [0.1, 0.15) is 0 Å². The molecule has 0 nitrogen and oxygen atoms in total. The number of hydrogen-bond donors (Lipinski definition) is 0. The van der Waals surface area contributed by atoms with Crippen molar-refractivity contribution in [3.63, 3.8) is 0 Å². The zero-order valence-electron chi connectivity index (χ0n) is 17.0. The Morgan fingerprint density at radius 2 is 1.06 bits per heavy atom. The fourth-order valence-corrected chi connectivity index (χ4v) is 16.6. The molecule has 6 aromatic heterocycles. The number of halogens is 2. The first-order valence-corrected chi connectivity index (χ1v) is 19.1. The van der Waals surface area contributed by atoms with Crippen molar-refractivity contribution in [3.8, 4) is 17.7 Å². The number of fused-ring (bicyclic) bond motifs is 7. The molecule has 0 aliphatic carbocycles. The van der Waals surface area contributed by atoms with Gasteiger partial charge in [-0.25, -0.2) is 0 Å². The Morgan fingerprint density at radius 3 is 1.47 bits per heavy atom. The Hall–Kier alpha value is -1.00. The zero-order valence-corrected chi connectivity index (χ0v) is 25.5. The maximum absolute atomic E-state index is 14.2. The van der Waals surface area contributed by atoms with Crippen LogP contribution in [0, 0.1) is 11.6 Å². The molecule has 34 heavy (non-hydrogen) atoms. The fourth-order valence-electron chi connectivity index (χ4n) is 4.49. The average Bonchev–Trinajstić information content (AvgIpc) is 3.63. The first kappa shape index (κ1) is 21.1. The number of hydrogen-bond acceptors (Lipinski definition) is 2. The molecule has 2 aromatic carbocycles. The molecule has 0 atom stereocenters. The van der Waals surface area contributed by atoms with Crippen LogP contribution in [0.15, 0.2) is 58.4 Å². The minimum atomic E-state index is -0.0363. The van der Waals surface area contributed by atoms with Gasteiger partial charge in [-0.1, -0.05) is 0 Å². The summed E-state index contributed by atoms with van der Waals surface area (Å²) in [4.78, 5) is 3.96. The predicted molar refractivity (Wildman–Crippen MR) is 148 cm³/mol. The van der Waals surface area contributed by atoms with E-state index >= 15 is 0 Å². The second-order valence-corrected chi connectivity index (χ2v) is 18.5. The predicted octanol–water partition coefficient (Wildman–Crippen LogP) is 7.42. The molecule has 6 heterocycles. The van der Waals surface area contributed by atoms with E-state index in [1.807, 2.05) is 32.6 Å². The van der Waals surface area contributed by atoms with Crippen LogP contribution in [-0.4, -0.2) is 58.0 Å². The van der Waals surface area contributed by atoms with Crippen molar-refractivity contribution in [2.45, 2.75) is 0 Å². The van der Waals surface area contributed by atoms with Crippen LogP contribution in [0.5, 0.6) is 0 Å². The molecule has 0 unspecified atom stereocenters. The van der Waals surface area contributed by atoms with Crippen molar-refractivity contribution in [2.75, 3.05) is 0 Å². The summed E-state index contributed by atoms with van der Waals surface area (Å²) in [7, 11) is 0. The van der Waals surface area contributed by atoms with Gasteiger partial charge >= 0.3 is 226 Å². The Bertz CT molecular complexity index is 1910. The van der Waals surface area contributed by atoms with Gasteiger partial charge in [-0.3, -0.25) is 0 Å². The molecule has 0 N–H and O–H groups in total. The van der Waals surface area contributed by atoms with Gasteiger partial charge in [-0.15, -0.1) is 0 Å². The van der Waals surface area contributed by atoms with Crippen LogP contribution in [0.25, 0.3) is 66.6 Å². The fraction of sp³-hybridized carbons (Fsp3) is 0. The molecule has 0 aliphatic rings. The summed E-state index contributed by atoms with van der Waals surface area (Å²) in [5.74, 6) is -0.0726. The van der Waals surface area contributed by atoms with E-state index in [9.17, 15) is 8.78 Å². The molecule has 0 bridgehead atoms. The Labute approximate surface area is 224 Å². The quantitative estimate of drug-likeness (QED) is 0.162. The van der Waals surface area contributed by atoms with E-state index in [4.69, 9.17) is 0 Å². The van der Waals surface area contributed by atoms with E-state index in [0.29, 0.717) is 0 Å². The summed E-state index contributed by atoms with van der Waals surface area (Å²) in [6.45, 7) is 0. The Balaban J connectivity index is 1.33. The SMILES string of the molecule is Fc1cc[se]c1-c1cc2cc3c(cc2[se]1)sc1c2cc4cc(-c5[se]ccc5F)[se]c4cc2sc31. The van der Waals surface area contributed by atoms with Gasteiger partial charge in [0.05, 0.1) is 0 Å². The van der Waals surface area contributed by atoms with Gasteiger partial charge in [-0.2, -0.15) is 0 Å². The molecule has 0 saturated carbocycles. The van der Waals surface area contributed by atoms with Gasteiger partial charge in [0, 0.05) is 0 Å². The van der Waals surface area contributed by atoms with Crippen molar-refractivity contribution in [2.24, 2.45) is 0 Å². The van der Waals surface area contributed by atoms with Gasteiger partial charge < -0.3 is 0 Å². The maximum atomic E-state index is 14.2. The number of thiophene rings is 2. The van der Waals surface area contributed by atoms with Crippen LogP contribution in [0.2, 0.25) is 0 Å². The van der Waals surface area contributed by atoms with E-state index in [0.717, 1.165) is 8.87 Å². The third kappa shape index (κ3) is 3.09. The topological polar surface area (TPSA) is 0 Å². The van der Waals surface area contributed by atoms with Crippen LogP contribution in [-0.2, 0) is 0 Å². The third-order valence-corrected chi connectivity index (χ3v) is 18.4. The second-order valence-electron chi connectivity index (χ2n) is 8.05. The molecule has 8 rings (SSSR count). The molecular formula is C26H10F2S2Se4. The molecule has 0 radical (unpaired) electrons. The minimum absolute atomic E-state index is 0.0363. The van der Waals surface area contributed by atoms with Gasteiger partial charge in [0.2, 0.25) is 0 Å². The first-order valence-electron chi connectivity index (χ1n) is 10.3. The third-order valence-electron chi connectivity index (χ3n) is 6.04. The van der Waals surface area contributed by atoms with Crippen molar-refractivity contribution < 1.29 is 8.78 Å². The van der Waals surface area contributed by atoms with Gasteiger partial charge in [0.1, 0.15) is 0 Å². The number of benzene rings is 2. The van der Waals surface area contributed by atoms with Crippen molar-refractivity contribution >= 4 is 130 Å². The molecule has 8 heteroatoms. The van der Waals surface area contributed by atoms with Crippen LogP contribution in [0.4, 0.5) is 8.78 Å². The van der Waals surface area contributed by atoms with E-state index in [1.165, 1.54) is 57.7 Å². The summed E-state index contributed by atoms with van der Waals surface area (Å²) >= 11 is 4.37. The Morgan fingerprint density at radius 1 is 0.588 bits per heavy atom. The summed E-state index contributed by atoms with van der Waals surface area (Å²) in [5, 5.41) is 5.19. The van der Waals surface area contributed by atoms with Crippen molar-refractivity contribution in [1.29, 1.82) is 0 Å². The molecule has 0 amide bonds. The first-order chi connectivity index (χ1) is 16.6. The van der Waals surface area contributed by atoms with Gasteiger partial charge in [-0.05, 0) is 0 Å². The van der Waals surface area contributed by atoms with Crippen molar-refractivity contribution in [3.05, 3.63) is 70.0 Å². The van der Waals surface area contributed by atoms with Crippen molar-refractivity contribution in [1.82, 2.24) is 0 Å². The normalized spacial score (nSPS) is 12.4. The molecule has 0 aliphatic heterocycles. The van der Waals surface area contributed by atoms with Gasteiger partial charge in [0.25, 0.3) is 0 Å². The summed E-state index contributed by atoms with van der Waals surface area (Å²) < 4.78 is 40.8.